The minimum atomic E-state index is -2.54. The minimum absolute atomic E-state index is 0.0537. The van der Waals surface area contributed by atoms with E-state index in [1.807, 2.05) is 22.6 Å². The highest BCUT2D eigenvalue weighted by molar-refractivity contribution is 14.1. The van der Waals surface area contributed by atoms with Gasteiger partial charge in [-0.05, 0) is 28.7 Å². The van der Waals surface area contributed by atoms with Gasteiger partial charge in [0.15, 0.2) is 0 Å². The number of rotatable bonds is 6. The highest BCUT2D eigenvalue weighted by Gasteiger charge is 2.17. The lowest BCUT2D eigenvalue weighted by Gasteiger charge is -2.24. The second-order valence-corrected chi connectivity index (χ2v) is 4.62. The van der Waals surface area contributed by atoms with Crippen LogP contribution < -0.4 is 4.90 Å². The summed E-state index contributed by atoms with van der Waals surface area (Å²) in [6.07, 6.45) is -2.54. The zero-order valence-electron chi connectivity index (χ0n) is 9.22. The average molecular weight is 372 g/mol. The van der Waals surface area contributed by atoms with Crippen LogP contribution in [0, 0.1) is 13.7 Å². The van der Waals surface area contributed by atoms with Gasteiger partial charge in [0.05, 0.1) is 23.8 Å². The number of aliphatic hydroxyl groups excluding tert-OH is 1. The molecule has 18 heavy (non-hydrogen) atoms. The Kier molecular flexibility index (Phi) is 5.66. The zero-order valence-corrected chi connectivity index (χ0v) is 11.4. The van der Waals surface area contributed by atoms with Crippen LogP contribution in [0.3, 0.4) is 0 Å². The molecule has 0 saturated heterocycles. The first kappa shape index (κ1) is 15.0. The van der Waals surface area contributed by atoms with Gasteiger partial charge in [-0.2, -0.15) is 0 Å². The lowest BCUT2D eigenvalue weighted by atomic mass is 10.2. The maximum absolute atomic E-state index is 12.4. The zero-order chi connectivity index (χ0) is 13.7. The summed E-state index contributed by atoms with van der Waals surface area (Å²) in [6, 6.07) is 3.98. The van der Waals surface area contributed by atoms with E-state index in [2.05, 4.69) is 0 Å². The van der Waals surface area contributed by atoms with Crippen molar-refractivity contribution in [1.29, 1.82) is 0 Å². The Bertz CT molecular complexity index is 432. The van der Waals surface area contributed by atoms with Crippen LogP contribution in [0.25, 0.3) is 0 Å². The van der Waals surface area contributed by atoms with E-state index in [4.69, 9.17) is 5.11 Å². The lowest BCUT2D eigenvalue weighted by Crippen LogP contribution is -2.32. The summed E-state index contributed by atoms with van der Waals surface area (Å²) >= 11 is 1.85. The summed E-state index contributed by atoms with van der Waals surface area (Å²) in [5, 5.41) is 19.4. The Morgan fingerprint density at radius 1 is 1.50 bits per heavy atom. The van der Waals surface area contributed by atoms with Crippen LogP contribution in [0.15, 0.2) is 18.2 Å². The van der Waals surface area contributed by atoms with Gasteiger partial charge in [-0.3, -0.25) is 10.1 Å². The van der Waals surface area contributed by atoms with Crippen molar-refractivity contribution in [2.24, 2.45) is 0 Å². The molecule has 1 rings (SSSR count). The molecule has 0 atom stereocenters. The van der Waals surface area contributed by atoms with E-state index < -0.39 is 17.9 Å². The molecule has 0 amide bonds. The smallest absolute Gasteiger partial charge is 0.270 e. The predicted octanol–water partition coefficient (Wildman–Crippen LogP) is 2.26. The van der Waals surface area contributed by atoms with Crippen LogP contribution in [0.5, 0.6) is 0 Å². The highest BCUT2D eigenvalue weighted by atomic mass is 127. The number of hydrogen-bond donors (Lipinski definition) is 1. The fourth-order valence-corrected chi connectivity index (χ4v) is 2.30. The molecule has 0 heterocycles. The SMILES string of the molecule is O=[N+]([O-])c1ccc(N(CCO)CC(F)F)c(I)c1. The molecule has 0 spiro atoms. The summed E-state index contributed by atoms with van der Waals surface area (Å²) in [5.74, 6) is 0. The number of anilines is 1. The van der Waals surface area contributed by atoms with Crippen molar-refractivity contribution in [1.82, 2.24) is 0 Å². The first-order valence-corrected chi connectivity index (χ1v) is 6.11. The summed E-state index contributed by atoms with van der Waals surface area (Å²) in [5.41, 5.74) is 0.361. The van der Waals surface area contributed by atoms with Gasteiger partial charge in [-0.15, -0.1) is 0 Å². The Morgan fingerprint density at radius 2 is 2.17 bits per heavy atom. The highest BCUT2D eigenvalue weighted by Crippen LogP contribution is 2.27. The maximum atomic E-state index is 12.4. The van der Waals surface area contributed by atoms with Crippen molar-refractivity contribution in [3.05, 3.63) is 31.9 Å². The molecule has 0 aliphatic rings. The largest absolute Gasteiger partial charge is 0.395 e. The number of halogens is 3. The summed E-state index contributed by atoms with van der Waals surface area (Å²) in [7, 11) is 0. The molecule has 0 aromatic heterocycles. The monoisotopic (exact) mass is 372 g/mol. The third kappa shape index (κ3) is 4.02. The fraction of sp³-hybridized carbons (Fsp3) is 0.400. The molecular weight excluding hydrogens is 361 g/mol. The van der Waals surface area contributed by atoms with Crippen molar-refractivity contribution in [2.75, 3.05) is 24.6 Å². The van der Waals surface area contributed by atoms with Gasteiger partial charge in [0.1, 0.15) is 0 Å². The molecule has 0 aliphatic heterocycles. The van der Waals surface area contributed by atoms with Crippen molar-refractivity contribution in [3.8, 4) is 0 Å². The van der Waals surface area contributed by atoms with E-state index >= 15 is 0 Å². The van der Waals surface area contributed by atoms with E-state index in [0.717, 1.165) is 0 Å². The van der Waals surface area contributed by atoms with Crippen molar-refractivity contribution < 1.29 is 18.8 Å². The fourth-order valence-electron chi connectivity index (χ4n) is 1.46. The third-order valence-electron chi connectivity index (χ3n) is 2.21. The average Bonchev–Trinajstić information content (AvgIpc) is 2.27. The van der Waals surface area contributed by atoms with Crippen LogP contribution in [-0.2, 0) is 0 Å². The number of aliphatic hydroxyl groups is 1. The lowest BCUT2D eigenvalue weighted by molar-refractivity contribution is -0.384. The third-order valence-corrected chi connectivity index (χ3v) is 3.08. The molecule has 0 unspecified atom stereocenters. The van der Waals surface area contributed by atoms with Crippen molar-refractivity contribution in [3.63, 3.8) is 0 Å². The second kappa shape index (κ2) is 6.78. The van der Waals surface area contributed by atoms with Crippen molar-refractivity contribution in [2.45, 2.75) is 6.43 Å². The van der Waals surface area contributed by atoms with Gasteiger partial charge in [0.2, 0.25) is 0 Å². The summed E-state index contributed by atoms with van der Waals surface area (Å²) in [6.45, 7) is -0.730. The van der Waals surface area contributed by atoms with Gasteiger partial charge in [-0.25, -0.2) is 8.78 Å². The molecule has 1 aromatic rings. The van der Waals surface area contributed by atoms with Crippen LogP contribution in [0.4, 0.5) is 20.2 Å². The summed E-state index contributed by atoms with van der Waals surface area (Å²) in [4.78, 5) is 11.3. The first-order chi connectivity index (χ1) is 8.45. The van der Waals surface area contributed by atoms with Crippen LogP contribution in [0.1, 0.15) is 0 Å². The van der Waals surface area contributed by atoms with Crippen LogP contribution in [-0.4, -0.2) is 36.2 Å². The van der Waals surface area contributed by atoms with Crippen LogP contribution >= 0.6 is 22.6 Å². The molecule has 0 saturated carbocycles. The topological polar surface area (TPSA) is 66.6 Å². The molecule has 8 heteroatoms. The Morgan fingerprint density at radius 3 is 2.61 bits per heavy atom. The molecule has 0 radical (unpaired) electrons. The molecule has 0 bridgehead atoms. The number of hydrogen-bond acceptors (Lipinski definition) is 4. The van der Waals surface area contributed by atoms with E-state index in [0.29, 0.717) is 9.26 Å². The Hall–Kier alpha value is -1.03. The summed E-state index contributed by atoms with van der Waals surface area (Å²) < 4.78 is 25.3. The molecule has 5 nitrogen and oxygen atoms in total. The van der Waals surface area contributed by atoms with Gasteiger partial charge in [0.25, 0.3) is 12.1 Å². The second-order valence-electron chi connectivity index (χ2n) is 3.45. The molecule has 100 valence electrons. The van der Waals surface area contributed by atoms with Crippen molar-refractivity contribution >= 4 is 34.0 Å². The van der Waals surface area contributed by atoms with Gasteiger partial charge in [-0.1, -0.05) is 0 Å². The van der Waals surface area contributed by atoms with Gasteiger partial charge < -0.3 is 10.0 Å². The minimum Gasteiger partial charge on any atom is -0.395 e. The predicted molar refractivity (Wildman–Crippen MR) is 71.1 cm³/mol. The number of non-ortho nitro benzene ring substituents is 1. The number of nitro benzene ring substituents is 1. The van der Waals surface area contributed by atoms with Gasteiger partial charge in [0, 0.05) is 22.2 Å². The maximum Gasteiger partial charge on any atom is 0.270 e. The number of benzene rings is 1. The van der Waals surface area contributed by atoms with E-state index in [9.17, 15) is 18.9 Å². The van der Waals surface area contributed by atoms with Crippen LogP contribution in [0.2, 0.25) is 0 Å². The first-order valence-electron chi connectivity index (χ1n) is 5.03. The normalized spacial score (nSPS) is 10.7. The van der Waals surface area contributed by atoms with E-state index in [-0.39, 0.29) is 18.8 Å². The molecular formula is C10H11F2IN2O3. The number of alkyl halides is 2. The molecule has 0 fully saturated rings. The number of nitrogens with zero attached hydrogens (tertiary/aromatic N) is 2. The van der Waals surface area contributed by atoms with E-state index in [1.54, 1.807) is 0 Å². The standard InChI is InChI=1S/C10H11F2IN2O3/c11-10(12)6-14(3-4-16)9-2-1-7(15(17)18)5-8(9)13/h1-2,5,10,16H,3-4,6H2. The van der Waals surface area contributed by atoms with Gasteiger partial charge >= 0.3 is 0 Å². The Balaban J connectivity index is 3.01. The van der Waals surface area contributed by atoms with E-state index in [1.165, 1.54) is 23.1 Å². The molecule has 1 aromatic carbocycles. The number of nitro groups is 1. The Labute approximate surface area is 116 Å². The quantitative estimate of drug-likeness (QED) is 0.473. The molecule has 0 aliphatic carbocycles. The molecule has 1 N–H and O–H groups in total.